The summed E-state index contributed by atoms with van der Waals surface area (Å²) < 4.78 is 0. The fourth-order valence-electron chi connectivity index (χ4n) is 7.93. The molecule has 0 saturated carbocycles. The van der Waals surface area contributed by atoms with Gasteiger partial charge in [0.25, 0.3) is 11.8 Å². The number of nitrogens with one attached hydrogen (secondary N) is 2. The van der Waals surface area contributed by atoms with Gasteiger partial charge in [0.2, 0.25) is 0 Å². The number of carbonyl (C=O) groups excluding carboxylic acids is 2. The van der Waals surface area contributed by atoms with E-state index in [-0.39, 0.29) is 11.8 Å². The van der Waals surface area contributed by atoms with Gasteiger partial charge < -0.3 is 10.6 Å². The first-order valence-electron chi connectivity index (χ1n) is 18.4. The van der Waals surface area contributed by atoms with Crippen molar-refractivity contribution in [3.63, 3.8) is 0 Å². The predicted octanol–water partition coefficient (Wildman–Crippen LogP) is 11.9. The van der Waals surface area contributed by atoms with E-state index in [0.717, 1.165) is 33.4 Å². The maximum atomic E-state index is 13.3. The lowest BCUT2D eigenvalue weighted by Crippen LogP contribution is -2.28. The van der Waals surface area contributed by atoms with Crippen LogP contribution in [0.25, 0.3) is 33.4 Å². The summed E-state index contributed by atoms with van der Waals surface area (Å²) in [5, 5.41) is 6.19. The van der Waals surface area contributed by atoms with E-state index in [1.165, 1.54) is 22.3 Å². The van der Waals surface area contributed by atoms with Crippen molar-refractivity contribution in [2.45, 2.75) is 5.41 Å². The van der Waals surface area contributed by atoms with Crippen LogP contribution in [0.15, 0.2) is 206 Å². The summed E-state index contributed by atoms with van der Waals surface area (Å²) in [5.41, 5.74) is 13.2. The third-order valence-electron chi connectivity index (χ3n) is 10.6. The summed E-state index contributed by atoms with van der Waals surface area (Å²) in [6, 6.07) is 69.1. The Bertz CT molecular complexity index is 2440. The number of rotatable bonds is 8. The van der Waals surface area contributed by atoms with Crippen molar-refractivity contribution in [1.29, 1.82) is 0 Å². The summed E-state index contributed by atoms with van der Waals surface area (Å²) in [7, 11) is 0. The molecule has 0 fully saturated rings. The highest BCUT2D eigenvalue weighted by Crippen LogP contribution is 2.56. The molecule has 8 aromatic rings. The Kier molecular flexibility index (Phi) is 8.69. The Hall–Kier alpha value is -7.30. The molecule has 2 N–H and O–H groups in total. The van der Waals surface area contributed by atoms with Gasteiger partial charge in [-0.3, -0.25) is 9.59 Å². The number of benzene rings is 8. The third kappa shape index (κ3) is 6.20. The lowest BCUT2D eigenvalue weighted by molar-refractivity contribution is 0.101. The van der Waals surface area contributed by atoms with Crippen molar-refractivity contribution in [3.8, 4) is 33.4 Å². The number of hydrogen-bond donors (Lipinski definition) is 2. The van der Waals surface area contributed by atoms with Crippen LogP contribution in [-0.2, 0) is 5.41 Å². The summed E-state index contributed by atoms with van der Waals surface area (Å²) in [4.78, 5) is 26.7. The second-order valence-corrected chi connectivity index (χ2v) is 13.8. The fraction of sp³-hybridized carbons (Fsp3) is 0.0196. The zero-order valence-corrected chi connectivity index (χ0v) is 29.9. The molecule has 9 rings (SSSR count). The molecular formula is C51H36N2O2. The molecular weight excluding hydrogens is 673 g/mol. The van der Waals surface area contributed by atoms with Crippen LogP contribution < -0.4 is 10.6 Å². The van der Waals surface area contributed by atoms with E-state index >= 15 is 0 Å². The fourth-order valence-corrected chi connectivity index (χ4v) is 7.93. The maximum Gasteiger partial charge on any atom is 0.255 e. The predicted molar refractivity (Wildman–Crippen MR) is 223 cm³/mol. The average Bonchev–Trinajstić information content (AvgIpc) is 3.56. The van der Waals surface area contributed by atoms with Crippen LogP contribution in [0.2, 0.25) is 0 Å². The lowest BCUT2D eigenvalue weighted by atomic mass is 9.67. The Balaban J connectivity index is 1.01. The molecule has 1 aliphatic carbocycles. The molecule has 0 heterocycles. The van der Waals surface area contributed by atoms with Crippen LogP contribution in [0, 0.1) is 0 Å². The number of hydrogen-bond acceptors (Lipinski definition) is 2. The monoisotopic (exact) mass is 708 g/mol. The van der Waals surface area contributed by atoms with Gasteiger partial charge in [-0.2, -0.15) is 0 Å². The summed E-state index contributed by atoms with van der Waals surface area (Å²) in [6.07, 6.45) is 0. The van der Waals surface area contributed by atoms with Crippen molar-refractivity contribution >= 4 is 23.2 Å². The van der Waals surface area contributed by atoms with E-state index in [4.69, 9.17) is 0 Å². The van der Waals surface area contributed by atoms with Gasteiger partial charge in [0.1, 0.15) is 0 Å². The highest BCUT2D eigenvalue weighted by molar-refractivity contribution is 6.05. The molecule has 0 saturated heterocycles. The van der Waals surface area contributed by atoms with E-state index in [0.29, 0.717) is 22.5 Å². The number of carbonyl (C=O) groups is 2. The molecule has 4 nitrogen and oxygen atoms in total. The first-order valence-corrected chi connectivity index (χ1v) is 18.4. The smallest absolute Gasteiger partial charge is 0.255 e. The highest BCUT2D eigenvalue weighted by Gasteiger charge is 2.45. The molecule has 262 valence electrons. The minimum atomic E-state index is -0.626. The van der Waals surface area contributed by atoms with E-state index in [2.05, 4.69) is 108 Å². The van der Waals surface area contributed by atoms with Gasteiger partial charge in [0, 0.05) is 22.5 Å². The molecule has 0 aromatic heterocycles. The van der Waals surface area contributed by atoms with Crippen LogP contribution >= 0.6 is 0 Å². The van der Waals surface area contributed by atoms with Crippen LogP contribution in [0.3, 0.4) is 0 Å². The minimum absolute atomic E-state index is 0.164. The van der Waals surface area contributed by atoms with Crippen molar-refractivity contribution in [1.82, 2.24) is 0 Å². The normalized spacial score (nSPS) is 12.3. The molecule has 1 aliphatic rings. The summed E-state index contributed by atoms with van der Waals surface area (Å²) in [5.74, 6) is -0.327. The van der Waals surface area contributed by atoms with E-state index in [9.17, 15) is 9.59 Å². The quantitative estimate of drug-likeness (QED) is 0.165. The van der Waals surface area contributed by atoms with Crippen LogP contribution in [0.4, 0.5) is 11.4 Å². The van der Waals surface area contributed by atoms with Crippen molar-refractivity contribution in [2.24, 2.45) is 0 Å². The molecule has 2 amide bonds. The van der Waals surface area contributed by atoms with Gasteiger partial charge in [0.05, 0.1) is 5.41 Å². The topological polar surface area (TPSA) is 58.2 Å². The third-order valence-corrected chi connectivity index (χ3v) is 10.6. The second kappa shape index (κ2) is 14.3. The number of anilines is 2. The average molecular weight is 709 g/mol. The standard InChI is InChI=1S/C51H36N2O2/c54-49(39-23-19-37(20-24-39)35-11-3-1-4-12-35)52-43-31-27-41(28-32-43)51(47-17-9-7-15-45(47)46-16-8-10-18-48(46)51)42-29-33-44(34-30-42)53-50(55)40-25-21-38(22-26-40)36-13-5-2-6-14-36/h1-34H,(H,52,54)(H,53,55). The number of amides is 2. The zero-order chi connectivity index (χ0) is 37.2. The Morgan fingerprint density at radius 1 is 0.327 bits per heavy atom. The summed E-state index contributed by atoms with van der Waals surface area (Å²) >= 11 is 0. The second-order valence-electron chi connectivity index (χ2n) is 13.8. The van der Waals surface area contributed by atoms with Gasteiger partial charge in [0.15, 0.2) is 0 Å². The molecule has 4 heteroatoms. The van der Waals surface area contributed by atoms with Crippen molar-refractivity contribution in [2.75, 3.05) is 10.6 Å². The van der Waals surface area contributed by atoms with Gasteiger partial charge in [-0.25, -0.2) is 0 Å². The molecule has 0 atom stereocenters. The van der Waals surface area contributed by atoms with Gasteiger partial charge in [-0.1, -0.05) is 158 Å². The largest absolute Gasteiger partial charge is 0.322 e. The highest BCUT2D eigenvalue weighted by atomic mass is 16.2. The molecule has 0 unspecified atom stereocenters. The molecule has 0 radical (unpaired) electrons. The minimum Gasteiger partial charge on any atom is -0.322 e. The number of fused-ring (bicyclic) bond motifs is 3. The Labute approximate surface area is 320 Å². The van der Waals surface area contributed by atoms with Crippen molar-refractivity contribution in [3.05, 3.63) is 240 Å². The van der Waals surface area contributed by atoms with Crippen LogP contribution in [-0.4, -0.2) is 11.8 Å². The molecule has 8 aromatic carbocycles. The van der Waals surface area contributed by atoms with Gasteiger partial charge in [-0.05, 0) is 104 Å². The van der Waals surface area contributed by atoms with E-state index < -0.39 is 5.41 Å². The zero-order valence-electron chi connectivity index (χ0n) is 29.9. The molecule has 0 spiro atoms. The Morgan fingerprint density at radius 2 is 0.655 bits per heavy atom. The van der Waals surface area contributed by atoms with Crippen LogP contribution in [0.1, 0.15) is 43.0 Å². The van der Waals surface area contributed by atoms with Gasteiger partial charge in [-0.15, -0.1) is 0 Å². The van der Waals surface area contributed by atoms with E-state index in [1.807, 2.05) is 109 Å². The Morgan fingerprint density at radius 3 is 1.04 bits per heavy atom. The van der Waals surface area contributed by atoms with E-state index in [1.54, 1.807) is 0 Å². The van der Waals surface area contributed by atoms with Crippen LogP contribution in [0.5, 0.6) is 0 Å². The summed E-state index contributed by atoms with van der Waals surface area (Å²) in [6.45, 7) is 0. The molecule has 55 heavy (non-hydrogen) atoms. The lowest BCUT2D eigenvalue weighted by Gasteiger charge is -2.34. The van der Waals surface area contributed by atoms with Crippen molar-refractivity contribution < 1.29 is 9.59 Å². The SMILES string of the molecule is O=C(Nc1ccc(C2(c3ccc(NC(=O)c4ccc(-c5ccccc5)cc4)cc3)c3ccccc3-c3ccccc32)cc1)c1ccc(-c2ccccc2)cc1. The first kappa shape index (κ1) is 33.5. The van der Waals surface area contributed by atoms with Gasteiger partial charge >= 0.3 is 0 Å². The molecule has 0 aliphatic heterocycles. The molecule has 0 bridgehead atoms. The maximum absolute atomic E-state index is 13.3. The first-order chi connectivity index (χ1) is 27.1.